The zero-order valence-corrected chi connectivity index (χ0v) is 11.1. The van der Waals surface area contributed by atoms with E-state index in [4.69, 9.17) is 0 Å². The third kappa shape index (κ3) is 3.85. The molecule has 0 saturated heterocycles. The van der Waals surface area contributed by atoms with Gasteiger partial charge in [0, 0.05) is 31.5 Å². The lowest BCUT2D eigenvalue weighted by Crippen LogP contribution is -2.34. The first-order valence-corrected chi connectivity index (χ1v) is 6.02. The summed E-state index contributed by atoms with van der Waals surface area (Å²) in [6.45, 7) is 5.60. The number of rotatable bonds is 6. The van der Waals surface area contributed by atoms with Crippen molar-refractivity contribution in [3.05, 3.63) is 22.7 Å². The lowest BCUT2D eigenvalue weighted by atomic mass is 10.3. The second-order valence-electron chi connectivity index (χ2n) is 4.47. The van der Waals surface area contributed by atoms with Crippen LogP contribution in [-0.2, 0) is 6.54 Å². The van der Waals surface area contributed by atoms with E-state index in [2.05, 4.69) is 22.1 Å². The van der Waals surface area contributed by atoms with Crippen LogP contribution in [0.4, 0.5) is 5.82 Å². The maximum atomic E-state index is 12.0. The van der Waals surface area contributed by atoms with Gasteiger partial charge in [0.1, 0.15) is 0 Å². The van der Waals surface area contributed by atoms with Gasteiger partial charge in [-0.1, -0.05) is 6.92 Å². The molecule has 1 aromatic rings. The van der Waals surface area contributed by atoms with E-state index in [9.17, 15) is 4.79 Å². The molecule has 0 radical (unpaired) electrons. The Morgan fingerprint density at radius 3 is 2.82 bits per heavy atom. The minimum atomic E-state index is -0.0414. The van der Waals surface area contributed by atoms with Crippen LogP contribution in [-0.4, -0.2) is 41.1 Å². The summed E-state index contributed by atoms with van der Waals surface area (Å²) in [5, 5.41) is 3.11. The van der Waals surface area contributed by atoms with Crippen LogP contribution in [0, 0.1) is 0 Å². The Labute approximate surface area is 102 Å². The summed E-state index contributed by atoms with van der Waals surface area (Å²) in [4.78, 5) is 18.2. The number of aryl methyl sites for hydroxylation is 1. The highest BCUT2D eigenvalue weighted by Gasteiger charge is 2.07. The molecule has 1 atom stereocenters. The maximum absolute atomic E-state index is 12.0. The van der Waals surface area contributed by atoms with Crippen LogP contribution in [0.3, 0.4) is 0 Å². The molecule has 0 aromatic carbocycles. The Bertz CT molecular complexity index is 400. The molecule has 5 heteroatoms. The SMILES string of the molecule is CCCn1ccnc(NCC(C)N(C)C)c1=O. The Balaban J connectivity index is 2.72. The fourth-order valence-corrected chi connectivity index (χ4v) is 1.41. The molecule has 0 aliphatic heterocycles. The van der Waals surface area contributed by atoms with Crippen LogP contribution >= 0.6 is 0 Å². The zero-order chi connectivity index (χ0) is 12.8. The van der Waals surface area contributed by atoms with Gasteiger partial charge in [-0.3, -0.25) is 4.79 Å². The van der Waals surface area contributed by atoms with Gasteiger partial charge in [-0.15, -0.1) is 0 Å². The number of aromatic nitrogens is 2. The number of anilines is 1. The fourth-order valence-electron chi connectivity index (χ4n) is 1.41. The van der Waals surface area contributed by atoms with E-state index in [1.807, 2.05) is 21.0 Å². The molecular formula is C12H22N4O. The zero-order valence-electron chi connectivity index (χ0n) is 11.1. The second kappa shape index (κ2) is 6.39. The van der Waals surface area contributed by atoms with E-state index in [1.54, 1.807) is 17.0 Å². The standard InChI is InChI=1S/C12H22N4O/c1-5-7-16-8-6-13-11(12(16)17)14-9-10(2)15(3)4/h6,8,10H,5,7,9H2,1-4H3,(H,13,14). The van der Waals surface area contributed by atoms with Crippen molar-refractivity contribution in [3.8, 4) is 0 Å². The van der Waals surface area contributed by atoms with Gasteiger partial charge >= 0.3 is 0 Å². The van der Waals surface area contributed by atoms with Gasteiger partial charge in [-0.25, -0.2) is 4.98 Å². The number of hydrogen-bond donors (Lipinski definition) is 1. The largest absolute Gasteiger partial charge is 0.364 e. The monoisotopic (exact) mass is 238 g/mol. The average molecular weight is 238 g/mol. The van der Waals surface area contributed by atoms with E-state index in [1.165, 1.54) is 0 Å². The topological polar surface area (TPSA) is 50.2 Å². The van der Waals surface area contributed by atoms with Gasteiger partial charge in [-0.2, -0.15) is 0 Å². The normalized spacial score (nSPS) is 12.8. The van der Waals surface area contributed by atoms with Crippen LogP contribution in [0.1, 0.15) is 20.3 Å². The van der Waals surface area contributed by atoms with Gasteiger partial charge < -0.3 is 14.8 Å². The summed E-state index contributed by atoms with van der Waals surface area (Å²) in [6, 6.07) is 0.357. The predicted molar refractivity (Wildman–Crippen MR) is 70.4 cm³/mol. The molecule has 0 bridgehead atoms. The van der Waals surface area contributed by atoms with Gasteiger partial charge in [0.15, 0.2) is 5.82 Å². The molecule has 0 fully saturated rings. The molecular weight excluding hydrogens is 216 g/mol. The number of hydrogen-bond acceptors (Lipinski definition) is 4. The molecule has 1 unspecified atom stereocenters. The Morgan fingerprint density at radius 2 is 2.24 bits per heavy atom. The Hall–Kier alpha value is -1.36. The van der Waals surface area contributed by atoms with Gasteiger partial charge in [0.25, 0.3) is 5.56 Å². The molecule has 5 nitrogen and oxygen atoms in total. The highest BCUT2D eigenvalue weighted by molar-refractivity contribution is 5.30. The van der Waals surface area contributed by atoms with Crippen LogP contribution in [0.25, 0.3) is 0 Å². The van der Waals surface area contributed by atoms with E-state index in [-0.39, 0.29) is 5.56 Å². The molecule has 0 amide bonds. The van der Waals surface area contributed by atoms with Crippen LogP contribution in [0.2, 0.25) is 0 Å². The van der Waals surface area contributed by atoms with E-state index >= 15 is 0 Å². The number of nitrogens with one attached hydrogen (secondary N) is 1. The maximum Gasteiger partial charge on any atom is 0.293 e. The lowest BCUT2D eigenvalue weighted by molar-refractivity contribution is 0.326. The van der Waals surface area contributed by atoms with Crippen molar-refractivity contribution in [2.75, 3.05) is 26.0 Å². The van der Waals surface area contributed by atoms with Crippen LogP contribution in [0.15, 0.2) is 17.2 Å². The van der Waals surface area contributed by atoms with Crippen LogP contribution < -0.4 is 10.9 Å². The highest BCUT2D eigenvalue weighted by Crippen LogP contribution is 1.97. The summed E-state index contributed by atoms with van der Waals surface area (Å²) in [7, 11) is 4.03. The minimum absolute atomic E-state index is 0.0414. The Kier molecular flexibility index (Phi) is 5.15. The molecule has 1 N–H and O–H groups in total. The van der Waals surface area contributed by atoms with E-state index < -0.39 is 0 Å². The summed E-state index contributed by atoms with van der Waals surface area (Å²) >= 11 is 0. The molecule has 0 aliphatic rings. The molecule has 1 aromatic heterocycles. The summed E-state index contributed by atoms with van der Waals surface area (Å²) in [5.74, 6) is 0.439. The van der Waals surface area contributed by atoms with Gasteiger partial charge in [0.2, 0.25) is 0 Å². The summed E-state index contributed by atoms with van der Waals surface area (Å²) in [5.41, 5.74) is -0.0414. The first-order chi connectivity index (χ1) is 8.06. The third-order valence-corrected chi connectivity index (χ3v) is 2.82. The van der Waals surface area contributed by atoms with Crippen molar-refractivity contribution in [2.45, 2.75) is 32.9 Å². The third-order valence-electron chi connectivity index (χ3n) is 2.82. The average Bonchev–Trinajstić information content (AvgIpc) is 2.30. The van der Waals surface area contributed by atoms with Crippen molar-refractivity contribution in [2.24, 2.45) is 0 Å². The first kappa shape index (κ1) is 13.7. The molecule has 0 saturated carbocycles. The molecule has 17 heavy (non-hydrogen) atoms. The minimum Gasteiger partial charge on any atom is -0.364 e. The second-order valence-corrected chi connectivity index (χ2v) is 4.47. The van der Waals surface area contributed by atoms with Crippen LogP contribution in [0.5, 0.6) is 0 Å². The van der Waals surface area contributed by atoms with Gasteiger partial charge in [-0.05, 0) is 27.4 Å². The summed E-state index contributed by atoms with van der Waals surface area (Å²) in [6.07, 6.45) is 4.34. The number of nitrogens with zero attached hydrogens (tertiary/aromatic N) is 3. The highest BCUT2D eigenvalue weighted by atomic mass is 16.1. The van der Waals surface area contributed by atoms with E-state index in [0.29, 0.717) is 18.4 Å². The Morgan fingerprint density at radius 1 is 1.53 bits per heavy atom. The fraction of sp³-hybridized carbons (Fsp3) is 0.667. The van der Waals surface area contributed by atoms with Crippen molar-refractivity contribution in [1.82, 2.24) is 14.5 Å². The quantitative estimate of drug-likeness (QED) is 0.804. The molecule has 0 aliphatic carbocycles. The summed E-state index contributed by atoms with van der Waals surface area (Å²) < 4.78 is 1.69. The van der Waals surface area contributed by atoms with Crippen molar-refractivity contribution in [3.63, 3.8) is 0 Å². The van der Waals surface area contributed by atoms with Crippen molar-refractivity contribution in [1.29, 1.82) is 0 Å². The smallest absolute Gasteiger partial charge is 0.293 e. The van der Waals surface area contributed by atoms with Crippen molar-refractivity contribution >= 4 is 5.82 Å². The molecule has 1 heterocycles. The van der Waals surface area contributed by atoms with Gasteiger partial charge in [0.05, 0.1) is 0 Å². The molecule has 96 valence electrons. The van der Waals surface area contributed by atoms with E-state index in [0.717, 1.165) is 13.0 Å². The van der Waals surface area contributed by atoms with Crippen molar-refractivity contribution < 1.29 is 0 Å². The number of likely N-dealkylation sites (N-methyl/N-ethyl adjacent to an activating group) is 1. The first-order valence-electron chi connectivity index (χ1n) is 6.02. The molecule has 0 spiro atoms. The lowest BCUT2D eigenvalue weighted by Gasteiger charge is -2.20. The predicted octanol–water partition coefficient (Wildman–Crippen LogP) is 1.02. The molecule has 1 rings (SSSR count).